The zero-order chi connectivity index (χ0) is 16.4. The third kappa shape index (κ3) is 2.74. The number of methoxy groups -OCH3 is 2. The Morgan fingerprint density at radius 3 is 2.52 bits per heavy atom. The molecule has 0 saturated carbocycles. The van der Waals surface area contributed by atoms with E-state index in [2.05, 4.69) is 24.0 Å². The average molecular weight is 317 g/mol. The van der Waals surface area contributed by atoms with Gasteiger partial charge in [-0.3, -0.25) is 9.69 Å². The zero-order valence-electron chi connectivity index (χ0n) is 14.5. The van der Waals surface area contributed by atoms with Crippen LogP contribution in [0, 0.1) is 0 Å². The van der Waals surface area contributed by atoms with Gasteiger partial charge in [0.05, 0.1) is 19.8 Å². The molecule has 3 rings (SSSR count). The van der Waals surface area contributed by atoms with Gasteiger partial charge < -0.3 is 9.47 Å². The summed E-state index contributed by atoms with van der Waals surface area (Å²) in [6, 6.07) is 4.23. The molecule has 0 spiro atoms. The van der Waals surface area contributed by atoms with E-state index >= 15 is 0 Å². The lowest BCUT2D eigenvalue weighted by Gasteiger charge is -2.51. The number of Topliss-reactive ketones (excluding diaryl/α,β-unsaturated/α-hetero) is 1. The summed E-state index contributed by atoms with van der Waals surface area (Å²) in [5.74, 6) is 1.94. The van der Waals surface area contributed by atoms with Gasteiger partial charge in [0, 0.05) is 25.9 Å². The minimum absolute atomic E-state index is 0.140. The van der Waals surface area contributed by atoms with E-state index in [9.17, 15) is 4.79 Å². The molecule has 2 heterocycles. The van der Waals surface area contributed by atoms with Crippen LogP contribution >= 0.6 is 0 Å². The van der Waals surface area contributed by atoms with Gasteiger partial charge in [0.1, 0.15) is 5.78 Å². The minimum atomic E-state index is -0.140. The summed E-state index contributed by atoms with van der Waals surface area (Å²) in [7, 11) is 3.35. The van der Waals surface area contributed by atoms with Crippen molar-refractivity contribution in [2.75, 3.05) is 27.3 Å². The minimum Gasteiger partial charge on any atom is -0.493 e. The summed E-state index contributed by atoms with van der Waals surface area (Å²) in [4.78, 5) is 14.8. The van der Waals surface area contributed by atoms with Crippen molar-refractivity contribution in [2.45, 2.75) is 51.0 Å². The predicted octanol–water partition coefficient (Wildman–Crippen LogP) is 3.31. The fourth-order valence-electron chi connectivity index (χ4n) is 4.26. The molecule has 0 amide bonds. The third-order valence-electron chi connectivity index (χ3n) is 5.46. The third-order valence-corrected chi connectivity index (χ3v) is 5.46. The van der Waals surface area contributed by atoms with Crippen molar-refractivity contribution < 1.29 is 14.3 Å². The molecule has 0 bridgehead atoms. The summed E-state index contributed by atoms with van der Waals surface area (Å²) in [5.41, 5.74) is 2.45. The molecule has 1 saturated heterocycles. The Labute approximate surface area is 138 Å². The van der Waals surface area contributed by atoms with Crippen LogP contribution in [0.4, 0.5) is 0 Å². The molecule has 0 radical (unpaired) electrons. The first-order valence-electron chi connectivity index (χ1n) is 8.66. The highest BCUT2D eigenvalue weighted by atomic mass is 16.5. The number of piperidine rings is 1. The Hall–Kier alpha value is -1.55. The number of nitrogens with zero attached hydrogens (tertiary/aromatic N) is 1. The molecule has 4 heteroatoms. The number of rotatable bonds is 5. The normalized spacial score (nSPS) is 24.0. The van der Waals surface area contributed by atoms with Gasteiger partial charge in [0.2, 0.25) is 0 Å². The molecule has 1 aromatic carbocycles. The fourth-order valence-corrected chi connectivity index (χ4v) is 4.26. The van der Waals surface area contributed by atoms with E-state index in [-0.39, 0.29) is 5.54 Å². The molecule has 126 valence electrons. The molecule has 0 aliphatic carbocycles. The second kappa shape index (κ2) is 6.52. The van der Waals surface area contributed by atoms with Crippen molar-refractivity contribution in [3.05, 3.63) is 23.3 Å². The van der Waals surface area contributed by atoms with Crippen molar-refractivity contribution >= 4 is 5.78 Å². The number of ether oxygens (including phenoxy) is 2. The monoisotopic (exact) mass is 317 g/mol. The van der Waals surface area contributed by atoms with Crippen LogP contribution in [0.15, 0.2) is 12.1 Å². The molecular weight excluding hydrogens is 290 g/mol. The standard InChI is InChI=1S/C19H27NO3/c1-4-5-8-19-13-15(21)7-10-20(19)9-6-14-11-17(22-2)18(23-3)12-16(14)19/h11-12H,4-10,13H2,1-3H3. The molecule has 1 atom stereocenters. The highest BCUT2D eigenvalue weighted by Gasteiger charge is 2.46. The van der Waals surface area contributed by atoms with E-state index in [1.165, 1.54) is 11.1 Å². The van der Waals surface area contributed by atoms with Gasteiger partial charge >= 0.3 is 0 Å². The molecule has 0 aromatic heterocycles. The molecule has 1 unspecified atom stereocenters. The number of carbonyl (C=O) groups is 1. The molecular formula is C19H27NO3. The van der Waals surface area contributed by atoms with E-state index < -0.39 is 0 Å². The van der Waals surface area contributed by atoms with Gasteiger partial charge in [-0.2, -0.15) is 0 Å². The molecule has 1 aromatic rings. The van der Waals surface area contributed by atoms with Gasteiger partial charge in [-0.05, 0) is 36.1 Å². The van der Waals surface area contributed by atoms with Crippen LogP contribution in [0.2, 0.25) is 0 Å². The first-order valence-corrected chi connectivity index (χ1v) is 8.66. The number of fused-ring (bicyclic) bond motifs is 3. The average Bonchev–Trinajstić information content (AvgIpc) is 2.58. The number of hydrogen-bond donors (Lipinski definition) is 0. The van der Waals surface area contributed by atoms with E-state index in [0.29, 0.717) is 18.6 Å². The van der Waals surface area contributed by atoms with Gasteiger partial charge in [-0.25, -0.2) is 0 Å². The lowest BCUT2D eigenvalue weighted by molar-refractivity contribution is -0.128. The number of unbranched alkanes of at least 4 members (excludes halogenated alkanes) is 1. The van der Waals surface area contributed by atoms with E-state index in [1.54, 1.807) is 14.2 Å². The van der Waals surface area contributed by atoms with Crippen LogP contribution in [-0.4, -0.2) is 38.0 Å². The molecule has 0 N–H and O–H groups in total. The Balaban J connectivity index is 2.12. The maximum atomic E-state index is 12.3. The second-order valence-electron chi connectivity index (χ2n) is 6.70. The quantitative estimate of drug-likeness (QED) is 0.835. The summed E-state index contributed by atoms with van der Waals surface area (Å²) in [6.07, 6.45) is 5.66. The molecule has 23 heavy (non-hydrogen) atoms. The second-order valence-corrected chi connectivity index (χ2v) is 6.70. The zero-order valence-corrected chi connectivity index (χ0v) is 14.5. The maximum absolute atomic E-state index is 12.3. The highest BCUT2D eigenvalue weighted by molar-refractivity contribution is 5.81. The van der Waals surface area contributed by atoms with Crippen molar-refractivity contribution in [2.24, 2.45) is 0 Å². The Kier molecular flexibility index (Phi) is 4.62. The van der Waals surface area contributed by atoms with Crippen LogP contribution in [0.5, 0.6) is 11.5 Å². The Morgan fingerprint density at radius 1 is 1.13 bits per heavy atom. The SMILES string of the molecule is CCCCC12CC(=O)CCN1CCc1cc(OC)c(OC)cc12. The Morgan fingerprint density at radius 2 is 1.83 bits per heavy atom. The van der Waals surface area contributed by atoms with Crippen LogP contribution in [0.25, 0.3) is 0 Å². The summed E-state index contributed by atoms with van der Waals surface area (Å²) in [6.45, 7) is 4.12. The molecule has 4 nitrogen and oxygen atoms in total. The van der Waals surface area contributed by atoms with Gasteiger partial charge in [0.15, 0.2) is 11.5 Å². The highest BCUT2D eigenvalue weighted by Crippen LogP contribution is 2.47. The van der Waals surface area contributed by atoms with E-state index in [0.717, 1.165) is 50.3 Å². The van der Waals surface area contributed by atoms with Crippen molar-refractivity contribution in [3.8, 4) is 11.5 Å². The van der Waals surface area contributed by atoms with Gasteiger partial charge in [0.25, 0.3) is 0 Å². The van der Waals surface area contributed by atoms with Gasteiger partial charge in [-0.1, -0.05) is 19.8 Å². The van der Waals surface area contributed by atoms with Crippen LogP contribution in [0.3, 0.4) is 0 Å². The Bertz CT molecular complexity index is 599. The summed E-state index contributed by atoms with van der Waals surface area (Å²) in [5, 5.41) is 0. The number of carbonyl (C=O) groups excluding carboxylic acids is 1. The molecule has 2 aliphatic heterocycles. The van der Waals surface area contributed by atoms with Crippen LogP contribution < -0.4 is 9.47 Å². The molecule has 2 aliphatic rings. The van der Waals surface area contributed by atoms with Crippen LogP contribution in [-0.2, 0) is 16.8 Å². The predicted molar refractivity (Wildman–Crippen MR) is 90.3 cm³/mol. The number of benzene rings is 1. The first-order chi connectivity index (χ1) is 11.1. The van der Waals surface area contributed by atoms with E-state index in [1.807, 2.05) is 0 Å². The fraction of sp³-hybridized carbons (Fsp3) is 0.632. The largest absolute Gasteiger partial charge is 0.493 e. The molecule has 1 fully saturated rings. The smallest absolute Gasteiger partial charge is 0.161 e. The van der Waals surface area contributed by atoms with E-state index in [4.69, 9.17) is 9.47 Å². The van der Waals surface area contributed by atoms with Crippen molar-refractivity contribution in [3.63, 3.8) is 0 Å². The topological polar surface area (TPSA) is 38.8 Å². The maximum Gasteiger partial charge on any atom is 0.161 e. The lowest BCUT2D eigenvalue weighted by Crippen LogP contribution is -2.55. The first kappa shape index (κ1) is 16.3. The summed E-state index contributed by atoms with van der Waals surface area (Å²) >= 11 is 0. The van der Waals surface area contributed by atoms with Gasteiger partial charge in [-0.15, -0.1) is 0 Å². The lowest BCUT2D eigenvalue weighted by atomic mass is 9.71. The number of hydrogen-bond acceptors (Lipinski definition) is 4. The van der Waals surface area contributed by atoms with Crippen molar-refractivity contribution in [1.29, 1.82) is 0 Å². The van der Waals surface area contributed by atoms with Crippen molar-refractivity contribution in [1.82, 2.24) is 4.90 Å². The van der Waals surface area contributed by atoms with Crippen LogP contribution in [0.1, 0.15) is 50.2 Å². The summed E-state index contributed by atoms with van der Waals surface area (Å²) < 4.78 is 11.0. The number of ketones is 1.